The van der Waals surface area contributed by atoms with E-state index in [1.165, 1.54) is 5.56 Å². The van der Waals surface area contributed by atoms with Crippen molar-refractivity contribution in [1.82, 2.24) is 0 Å². The van der Waals surface area contributed by atoms with Gasteiger partial charge in [0.05, 0.1) is 6.61 Å². The van der Waals surface area contributed by atoms with Crippen LogP contribution < -0.4 is 9.39 Å². The summed E-state index contributed by atoms with van der Waals surface area (Å²) in [5.74, 6) is 1.71. The first kappa shape index (κ1) is 11.9. The zero-order valence-corrected chi connectivity index (χ0v) is 9.49. The summed E-state index contributed by atoms with van der Waals surface area (Å²) in [4.78, 5) is 0. The van der Waals surface area contributed by atoms with Crippen molar-refractivity contribution in [3.8, 4) is 11.5 Å². The van der Waals surface area contributed by atoms with Crippen molar-refractivity contribution in [3.05, 3.63) is 23.8 Å². The molecule has 1 aromatic rings. The van der Waals surface area contributed by atoms with E-state index < -0.39 is 0 Å². The van der Waals surface area contributed by atoms with Crippen LogP contribution in [0, 0.1) is 0 Å². The Balaban J connectivity index is 2.97. The molecule has 15 heavy (non-hydrogen) atoms. The molecule has 0 spiro atoms. The van der Waals surface area contributed by atoms with Gasteiger partial charge in [0.25, 0.3) is 0 Å². The van der Waals surface area contributed by atoms with Gasteiger partial charge in [0, 0.05) is 0 Å². The summed E-state index contributed by atoms with van der Waals surface area (Å²) in [6.07, 6.45) is 0. The Labute approximate surface area is 91.3 Å². The molecule has 3 nitrogen and oxygen atoms in total. The number of ether oxygens (including phenoxy) is 1. The van der Waals surface area contributed by atoms with E-state index in [1.54, 1.807) is 0 Å². The molecule has 0 aromatic heterocycles. The van der Waals surface area contributed by atoms with Crippen LogP contribution in [0.5, 0.6) is 11.5 Å². The zero-order chi connectivity index (χ0) is 11.3. The zero-order valence-electron chi connectivity index (χ0n) is 9.49. The van der Waals surface area contributed by atoms with Gasteiger partial charge in [0.1, 0.15) is 5.75 Å². The first-order valence-electron chi connectivity index (χ1n) is 5.19. The smallest absolute Gasteiger partial charge is 0.504 e. The van der Waals surface area contributed by atoms with Gasteiger partial charge in [-0.25, -0.2) is 0 Å². The highest BCUT2D eigenvalue weighted by Crippen LogP contribution is 2.30. The van der Waals surface area contributed by atoms with Crippen molar-refractivity contribution in [2.75, 3.05) is 6.61 Å². The molecule has 0 saturated heterocycles. The lowest BCUT2D eigenvalue weighted by molar-refractivity contribution is 0.324. The molecular weight excluding hydrogens is 191 g/mol. The first-order chi connectivity index (χ1) is 7.19. The molecule has 1 aromatic carbocycles. The van der Waals surface area contributed by atoms with E-state index in [0.29, 0.717) is 24.0 Å². The van der Waals surface area contributed by atoms with Crippen molar-refractivity contribution in [1.29, 1.82) is 0 Å². The molecule has 0 fully saturated rings. The van der Waals surface area contributed by atoms with E-state index in [-0.39, 0.29) is 7.69 Å². The minimum Gasteiger partial charge on any atom is -0.536 e. The van der Waals surface area contributed by atoms with Gasteiger partial charge in [-0.3, -0.25) is 0 Å². The highest BCUT2D eigenvalue weighted by molar-refractivity contribution is 6.17. The maximum Gasteiger partial charge on any atom is 0.504 e. The lowest BCUT2D eigenvalue weighted by atomic mass is 10.0. The molecule has 0 aliphatic rings. The highest BCUT2D eigenvalue weighted by atomic mass is 16.5. The lowest BCUT2D eigenvalue weighted by Crippen LogP contribution is -2.04. The van der Waals surface area contributed by atoms with Gasteiger partial charge in [-0.1, -0.05) is 19.9 Å². The Bertz CT molecular complexity index is 313. The molecule has 1 N–H and O–H groups in total. The van der Waals surface area contributed by atoms with Gasteiger partial charge in [-0.05, 0) is 30.5 Å². The molecule has 4 heteroatoms. The van der Waals surface area contributed by atoms with Gasteiger partial charge < -0.3 is 14.4 Å². The summed E-state index contributed by atoms with van der Waals surface area (Å²) in [6.45, 7) is 6.72. The van der Waals surface area contributed by atoms with Crippen LogP contribution >= 0.6 is 0 Å². The summed E-state index contributed by atoms with van der Waals surface area (Å²) in [5.41, 5.74) is 1.17. The molecular formula is C11H17BO3. The maximum atomic E-state index is 8.76. The second-order valence-corrected chi connectivity index (χ2v) is 3.57. The van der Waals surface area contributed by atoms with Gasteiger partial charge in [0.15, 0.2) is 5.75 Å². The Morgan fingerprint density at radius 3 is 2.60 bits per heavy atom. The Morgan fingerprint density at radius 2 is 2.07 bits per heavy atom. The summed E-state index contributed by atoms with van der Waals surface area (Å²) in [6, 6.07) is 5.80. The van der Waals surface area contributed by atoms with Crippen LogP contribution in [0.25, 0.3) is 0 Å². The van der Waals surface area contributed by atoms with Crippen LogP contribution in [0.1, 0.15) is 32.3 Å². The van der Waals surface area contributed by atoms with E-state index >= 15 is 0 Å². The lowest BCUT2D eigenvalue weighted by Gasteiger charge is -2.13. The van der Waals surface area contributed by atoms with Crippen LogP contribution in [0.4, 0.5) is 0 Å². The average Bonchev–Trinajstić information content (AvgIpc) is 2.21. The minimum atomic E-state index is -0.332. The molecule has 0 bridgehead atoms. The average molecular weight is 208 g/mol. The molecule has 0 aliphatic heterocycles. The van der Waals surface area contributed by atoms with Crippen LogP contribution in [0.2, 0.25) is 0 Å². The van der Waals surface area contributed by atoms with Crippen molar-refractivity contribution in [2.45, 2.75) is 26.7 Å². The second kappa shape index (κ2) is 5.66. The summed E-state index contributed by atoms with van der Waals surface area (Å²) >= 11 is 0. The summed E-state index contributed by atoms with van der Waals surface area (Å²) in [7, 11) is -0.332. The normalized spacial score (nSPS) is 10.2. The molecule has 0 saturated carbocycles. The monoisotopic (exact) mass is 208 g/mol. The molecule has 0 radical (unpaired) electrons. The molecule has 0 amide bonds. The fraction of sp³-hybridized carbons (Fsp3) is 0.455. The van der Waals surface area contributed by atoms with Crippen LogP contribution in [0.15, 0.2) is 18.2 Å². The Morgan fingerprint density at radius 1 is 1.33 bits per heavy atom. The van der Waals surface area contributed by atoms with Gasteiger partial charge in [0.2, 0.25) is 0 Å². The van der Waals surface area contributed by atoms with Gasteiger partial charge in [-0.2, -0.15) is 0 Å². The number of hydrogen-bond acceptors (Lipinski definition) is 3. The minimum absolute atomic E-state index is 0.332. The second-order valence-electron chi connectivity index (χ2n) is 3.57. The molecule has 0 atom stereocenters. The van der Waals surface area contributed by atoms with Crippen LogP contribution in [-0.4, -0.2) is 19.3 Å². The third kappa shape index (κ3) is 3.17. The molecule has 1 rings (SSSR count). The summed E-state index contributed by atoms with van der Waals surface area (Å²) in [5, 5.41) is 8.76. The Kier molecular flexibility index (Phi) is 4.50. The molecule has 0 aliphatic carbocycles. The third-order valence-electron chi connectivity index (χ3n) is 2.15. The SMILES string of the molecule is CCOc1ccc(C(C)C)cc1OBO. The molecule has 0 heterocycles. The largest absolute Gasteiger partial charge is 0.536 e. The fourth-order valence-corrected chi connectivity index (χ4v) is 1.34. The van der Waals surface area contributed by atoms with E-state index in [2.05, 4.69) is 13.8 Å². The standard InChI is InChI=1S/C11H17BO3/c1-4-14-10-6-5-9(8(2)3)7-11(10)15-12-13/h5-8,12-13H,4H2,1-3H3. The van der Waals surface area contributed by atoms with E-state index in [1.807, 2.05) is 25.1 Å². The molecule has 0 unspecified atom stereocenters. The number of benzene rings is 1. The predicted octanol–water partition coefficient (Wildman–Crippen LogP) is 1.85. The van der Waals surface area contributed by atoms with Crippen molar-refractivity contribution in [2.24, 2.45) is 0 Å². The van der Waals surface area contributed by atoms with Crippen molar-refractivity contribution in [3.63, 3.8) is 0 Å². The fourth-order valence-electron chi connectivity index (χ4n) is 1.34. The van der Waals surface area contributed by atoms with E-state index in [4.69, 9.17) is 14.4 Å². The number of hydrogen-bond donors (Lipinski definition) is 1. The van der Waals surface area contributed by atoms with Crippen LogP contribution in [0.3, 0.4) is 0 Å². The Hall–Kier alpha value is -1.16. The molecule has 82 valence electrons. The highest BCUT2D eigenvalue weighted by Gasteiger charge is 2.08. The van der Waals surface area contributed by atoms with Gasteiger partial charge >= 0.3 is 7.69 Å². The summed E-state index contributed by atoms with van der Waals surface area (Å²) < 4.78 is 10.5. The quantitative estimate of drug-likeness (QED) is 0.750. The van der Waals surface area contributed by atoms with E-state index in [0.717, 1.165) is 0 Å². The van der Waals surface area contributed by atoms with Gasteiger partial charge in [-0.15, -0.1) is 0 Å². The van der Waals surface area contributed by atoms with Crippen molar-refractivity contribution < 1.29 is 14.4 Å². The van der Waals surface area contributed by atoms with E-state index in [9.17, 15) is 0 Å². The topological polar surface area (TPSA) is 38.7 Å². The van der Waals surface area contributed by atoms with Crippen molar-refractivity contribution >= 4 is 7.69 Å². The predicted molar refractivity (Wildman–Crippen MR) is 61.7 cm³/mol. The van der Waals surface area contributed by atoms with Crippen LogP contribution in [-0.2, 0) is 0 Å². The third-order valence-corrected chi connectivity index (χ3v) is 2.15. The first-order valence-corrected chi connectivity index (χ1v) is 5.19. The maximum absolute atomic E-state index is 8.76. The number of rotatable bonds is 5.